The van der Waals surface area contributed by atoms with Crippen molar-refractivity contribution in [2.45, 2.75) is 17.6 Å². The molecular weight excluding hydrogens is 226 g/mol. The summed E-state index contributed by atoms with van der Waals surface area (Å²) in [6.07, 6.45) is 0. The summed E-state index contributed by atoms with van der Waals surface area (Å²) < 4.78 is 0. The summed E-state index contributed by atoms with van der Waals surface area (Å²) in [5.74, 6) is 1.01. The molecule has 0 bridgehead atoms. The van der Waals surface area contributed by atoms with Crippen LogP contribution in [0.1, 0.15) is 11.1 Å². The van der Waals surface area contributed by atoms with E-state index in [4.69, 9.17) is 0 Å². The molecule has 0 spiro atoms. The number of nitrogens with one attached hydrogen (secondary N) is 1. The summed E-state index contributed by atoms with van der Waals surface area (Å²) in [6.45, 7) is 2.13. The summed E-state index contributed by atoms with van der Waals surface area (Å²) in [7, 11) is 1.97. The van der Waals surface area contributed by atoms with Gasteiger partial charge in [0.2, 0.25) is 0 Å². The van der Waals surface area contributed by atoms with Crippen LogP contribution in [0.3, 0.4) is 0 Å². The van der Waals surface area contributed by atoms with E-state index in [9.17, 15) is 0 Å². The second kappa shape index (κ2) is 5.78. The van der Waals surface area contributed by atoms with Gasteiger partial charge in [-0.3, -0.25) is 0 Å². The molecule has 2 heteroatoms. The summed E-state index contributed by atoms with van der Waals surface area (Å²) in [4.78, 5) is 1.32. The highest BCUT2D eigenvalue weighted by Gasteiger charge is 2.02. The zero-order valence-corrected chi connectivity index (χ0v) is 11.1. The third kappa shape index (κ3) is 3.27. The van der Waals surface area contributed by atoms with Crippen molar-refractivity contribution in [3.05, 3.63) is 59.7 Å². The molecule has 2 aromatic rings. The summed E-state index contributed by atoms with van der Waals surface area (Å²) in [5.41, 5.74) is 3.87. The molecule has 0 saturated carbocycles. The lowest BCUT2D eigenvalue weighted by molar-refractivity contribution is 1.31. The van der Waals surface area contributed by atoms with Crippen molar-refractivity contribution < 1.29 is 0 Å². The van der Waals surface area contributed by atoms with Gasteiger partial charge in [-0.15, -0.1) is 11.8 Å². The van der Waals surface area contributed by atoms with E-state index in [-0.39, 0.29) is 0 Å². The molecule has 1 N–H and O–H groups in total. The number of aryl methyl sites for hydroxylation is 1. The van der Waals surface area contributed by atoms with Crippen molar-refractivity contribution >= 4 is 17.4 Å². The van der Waals surface area contributed by atoms with E-state index in [1.165, 1.54) is 21.7 Å². The Balaban J connectivity index is 2.11. The predicted molar refractivity (Wildman–Crippen MR) is 76.7 cm³/mol. The third-order valence-electron chi connectivity index (χ3n) is 2.64. The zero-order chi connectivity index (χ0) is 12.1. The minimum atomic E-state index is 1.01. The van der Waals surface area contributed by atoms with Gasteiger partial charge >= 0.3 is 0 Å². The smallest absolute Gasteiger partial charge is 0.0476 e. The minimum Gasteiger partial charge on any atom is -0.387 e. The van der Waals surface area contributed by atoms with E-state index in [1.54, 1.807) is 0 Å². The van der Waals surface area contributed by atoms with Gasteiger partial charge in [-0.25, -0.2) is 0 Å². The first-order chi connectivity index (χ1) is 8.29. The lowest BCUT2D eigenvalue weighted by Crippen LogP contribution is -1.91. The van der Waals surface area contributed by atoms with Gasteiger partial charge in [0.1, 0.15) is 0 Å². The molecule has 0 aliphatic carbocycles. The van der Waals surface area contributed by atoms with Crippen molar-refractivity contribution in [1.29, 1.82) is 0 Å². The van der Waals surface area contributed by atoms with Gasteiger partial charge in [-0.1, -0.05) is 36.4 Å². The average Bonchev–Trinajstić information content (AvgIpc) is 2.38. The monoisotopic (exact) mass is 243 g/mol. The predicted octanol–water partition coefficient (Wildman–Crippen LogP) is 4.33. The molecule has 17 heavy (non-hydrogen) atoms. The first-order valence-corrected chi connectivity index (χ1v) is 6.73. The van der Waals surface area contributed by atoms with Gasteiger partial charge in [0, 0.05) is 23.4 Å². The van der Waals surface area contributed by atoms with Crippen molar-refractivity contribution in [3.63, 3.8) is 0 Å². The first kappa shape index (κ1) is 12.1. The Bertz CT molecular complexity index is 480. The normalized spacial score (nSPS) is 10.2. The molecule has 0 radical (unpaired) electrons. The van der Waals surface area contributed by atoms with Gasteiger partial charge in [0.05, 0.1) is 0 Å². The average molecular weight is 243 g/mol. The summed E-state index contributed by atoms with van der Waals surface area (Å²) in [5, 5.41) is 3.24. The zero-order valence-electron chi connectivity index (χ0n) is 10.2. The van der Waals surface area contributed by atoms with Gasteiger partial charge < -0.3 is 5.32 Å². The van der Waals surface area contributed by atoms with E-state index in [1.807, 2.05) is 18.8 Å². The molecule has 0 aliphatic rings. The Morgan fingerprint density at radius 3 is 2.53 bits per heavy atom. The highest BCUT2D eigenvalue weighted by Crippen LogP contribution is 2.30. The number of hydrogen-bond donors (Lipinski definition) is 1. The van der Waals surface area contributed by atoms with Crippen molar-refractivity contribution in [1.82, 2.24) is 0 Å². The third-order valence-corrected chi connectivity index (χ3v) is 3.77. The lowest BCUT2D eigenvalue weighted by Gasteiger charge is -2.09. The molecule has 0 aromatic heterocycles. The first-order valence-electron chi connectivity index (χ1n) is 5.75. The van der Waals surface area contributed by atoms with E-state index < -0.39 is 0 Å². The number of rotatable bonds is 4. The fourth-order valence-electron chi connectivity index (χ4n) is 1.69. The molecule has 0 amide bonds. The molecule has 0 fully saturated rings. The van der Waals surface area contributed by atoms with Crippen molar-refractivity contribution in [3.8, 4) is 0 Å². The van der Waals surface area contributed by atoms with E-state index in [0.717, 1.165) is 5.75 Å². The maximum absolute atomic E-state index is 3.24. The Kier molecular flexibility index (Phi) is 4.10. The molecule has 0 unspecified atom stereocenters. The van der Waals surface area contributed by atoms with Crippen LogP contribution in [0.25, 0.3) is 0 Å². The van der Waals surface area contributed by atoms with Crippen LogP contribution in [0, 0.1) is 6.92 Å². The number of benzene rings is 2. The molecule has 2 aromatic carbocycles. The molecule has 0 aliphatic heterocycles. The molecule has 0 saturated heterocycles. The maximum Gasteiger partial charge on any atom is 0.0476 e. The van der Waals surface area contributed by atoms with Gasteiger partial charge in [-0.05, 0) is 30.2 Å². The molecule has 0 atom stereocenters. The Labute approximate surface area is 107 Å². The number of thioether (sulfide) groups is 1. The number of anilines is 1. The fraction of sp³-hybridized carbons (Fsp3) is 0.200. The van der Waals surface area contributed by atoms with Crippen LogP contribution in [0.4, 0.5) is 5.69 Å². The van der Waals surface area contributed by atoms with Gasteiger partial charge in [0.25, 0.3) is 0 Å². The maximum atomic E-state index is 3.24. The molecule has 2 rings (SSSR count). The SMILES string of the molecule is CNc1ccc(C)cc1SCc1ccccc1. The van der Waals surface area contributed by atoms with Crippen molar-refractivity contribution in [2.75, 3.05) is 12.4 Å². The summed E-state index contributed by atoms with van der Waals surface area (Å²) >= 11 is 1.88. The Morgan fingerprint density at radius 2 is 1.82 bits per heavy atom. The van der Waals surface area contributed by atoms with E-state index in [0.29, 0.717) is 0 Å². The largest absolute Gasteiger partial charge is 0.387 e. The Hall–Kier alpha value is -1.41. The van der Waals surface area contributed by atoms with E-state index >= 15 is 0 Å². The second-order valence-electron chi connectivity index (χ2n) is 4.02. The Morgan fingerprint density at radius 1 is 1.06 bits per heavy atom. The molecule has 0 heterocycles. The number of hydrogen-bond acceptors (Lipinski definition) is 2. The van der Waals surface area contributed by atoms with Gasteiger partial charge in [-0.2, -0.15) is 0 Å². The van der Waals surface area contributed by atoms with Crippen LogP contribution >= 0.6 is 11.8 Å². The van der Waals surface area contributed by atoms with Crippen molar-refractivity contribution in [2.24, 2.45) is 0 Å². The van der Waals surface area contributed by atoms with E-state index in [2.05, 4.69) is 60.8 Å². The van der Waals surface area contributed by atoms with Crippen LogP contribution in [-0.4, -0.2) is 7.05 Å². The van der Waals surface area contributed by atoms with Crippen LogP contribution in [0.5, 0.6) is 0 Å². The highest BCUT2D eigenvalue weighted by molar-refractivity contribution is 7.98. The topological polar surface area (TPSA) is 12.0 Å². The summed E-state index contributed by atoms with van der Waals surface area (Å²) in [6, 6.07) is 17.1. The van der Waals surface area contributed by atoms with Crippen LogP contribution < -0.4 is 5.32 Å². The molecule has 1 nitrogen and oxygen atoms in total. The lowest BCUT2D eigenvalue weighted by atomic mass is 10.2. The highest BCUT2D eigenvalue weighted by atomic mass is 32.2. The van der Waals surface area contributed by atoms with Crippen LogP contribution in [-0.2, 0) is 5.75 Å². The fourth-order valence-corrected chi connectivity index (χ4v) is 2.80. The molecule has 88 valence electrons. The van der Waals surface area contributed by atoms with Gasteiger partial charge in [0.15, 0.2) is 0 Å². The standard InChI is InChI=1S/C15H17NS/c1-12-8-9-14(16-2)15(10-12)17-11-13-6-4-3-5-7-13/h3-10,16H,11H2,1-2H3. The minimum absolute atomic E-state index is 1.01. The van der Waals surface area contributed by atoms with Crippen LogP contribution in [0.15, 0.2) is 53.4 Å². The second-order valence-corrected chi connectivity index (χ2v) is 5.04. The molecular formula is C15H17NS. The quantitative estimate of drug-likeness (QED) is 0.802. The van der Waals surface area contributed by atoms with Crippen LogP contribution in [0.2, 0.25) is 0 Å².